The molecule has 0 aromatic carbocycles. The lowest BCUT2D eigenvalue weighted by molar-refractivity contribution is -0.0291. The van der Waals surface area contributed by atoms with E-state index < -0.39 is 0 Å². The van der Waals surface area contributed by atoms with Gasteiger partial charge in [-0.05, 0) is 57.2 Å². The van der Waals surface area contributed by atoms with Gasteiger partial charge in [0.1, 0.15) is 5.76 Å². The Morgan fingerprint density at radius 3 is 2.89 bits per heavy atom. The summed E-state index contributed by atoms with van der Waals surface area (Å²) >= 11 is 0. The van der Waals surface area contributed by atoms with E-state index in [1.807, 2.05) is 6.07 Å². The van der Waals surface area contributed by atoms with Crippen molar-refractivity contribution in [3.63, 3.8) is 0 Å². The Morgan fingerprint density at radius 2 is 2.26 bits per heavy atom. The van der Waals surface area contributed by atoms with Crippen molar-refractivity contribution in [3.8, 4) is 0 Å². The summed E-state index contributed by atoms with van der Waals surface area (Å²) in [6.45, 7) is 6.23. The average Bonchev–Trinajstić information content (AvgIpc) is 2.86. The van der Waals surface area contributed by atoms with Gasteiger partial charge in [-0.1, -0.05) is 6.92 Å². The third kappa shape index (κ3) is 4.66. The second kappa shape index (κ2) is 7.71. The number of hydrogen-bond donors (Lipinski definition) is 1. The van der Waals surface area contributed by atoms with E-state index in [4.69, 9.17) is 9.15 Å². The van der Waals surface area contributed by atoms with Gasteiger partial charge in [0.05, 0.1) is 12.4 Å². The van der Waals surface area contributed by atoms with Crippen LogP contribution in [0.3, 0.4) is 0 Å². The molecular weight excluding hydrogens is 238 g/mol. The van der Waals surface area contributed by atoms with Crippen molar-refractivity contribution in [2.75, 3.05) is 13.2 Å². The Morgan fingerprint density at radius 1 is 1.42 bits per heavy atom. The van der Waals surface area contributed by atoms with Crippen LogP contribution in [-0.4, -0.2) is 25.3 Å². The molecular formula is C16H27NO2. The summed E-state index contributed by atoms with van der Waals surface area (Å²) < 4.78 is 11.1. The summed E-state index contributed by atoms with van der Waals surface area (Å²) in [5.74, 6) is 1.91. The molecule has 1 atom stereocenters. The van der Waals surface area contributed by atoms with E-state index in [9.17, 15) is 0 Å². The minimum absolute atomic E-state index is 0.519. The highest BCUT2D eigenvalue weighted by molar-refractivity contribution is 5.01. The van der Waals surface area contributed by atoms with Gasteiger partial charge in [-0.3, -0.25) is 0 Å². The molecule has 1 heterocycles. The second-order valence-electron chi connectivity index (χ2n) is 5.59. The Kier molecular flexibility index (Phi) is 5.93. The van der Waals surface area contributed by atoms with E-state index in [0.717, 1.165) is 31.3 Å². The zero-order valence-electron chi connectivity index (χ0n) is 12.2. The third-order valence-electron chi connectivity index (χ3n) is 3.92. The molecule has 0 radical (unpaired) electrons. The highest BCUT2D eigenvalue weighted by Crippen LogP contribution is 2.34. The van der Waals surface area contributed by atoms with Crippen molar-refractivity contribution >= 4 is 0 Å². The van der Waals surface area contributed by atoms with Crippen LogP contribution in [0.15, 0.2) is 22.8 Å². The van der Waals surface area contributed by atoms with Crippen LogP contribution in [0.25, 0.3) is 0 Å². The van der Waals surface area contributed by atoms with Crippen LogP contribution in [-0.2, 0) is 11.2 Å². The Labute approximate surface area is 116 Å². The normalized spacial score (nSPS) is 24.1. The van der Waals surface area contributed by atoms with Crippen LogP contribution < -0.4 is 5.32 Å². The summed E-state index contributed by atoms with van der Waals surface area (Å²) in [4.78, 5) is 0. The van der Waals surface area contributed by atoms with E-state index in [1.54, 1.807) is 6.26 Å². The molecule has 0 spiro atoms. The molecule has 3 heteroatoms. The molecule has 1 N–H and O–H groups in total. The van der Waals surface area contributed by atoms with Crippen molar-refractivity contribution in [1.82, 2.24) is 5.32 Å². The standard InChI is InChI=1S/C16H27NO2/c1-3-7-17-14(12-15-6-5-8-19-15)9-13-10-16(11-13)18-4-2/h5-6,8,13-14,16-17H,3-4,7,9-12H2,1-2H3. The molecule has 0 saturated heterocycles. The molecule has 1 fully saturated rings. The first kappa shape index (κ1) is 14.6. The molecule has 1 aromatic heterocycles. The van der Waals surface area contributed by atoms with Gasteiger partial charge in [0.2, 0.25) is 0 Å². The van der Waals surface area contributed by atoms with Crippen molar-refractivity contribution in [1.29, 1.82) is 0 Å². The molecule has 1 unspecified atom stereocenters. The van der Waals surface area contributed by atoms with Gasteiger partial charge in [0, 0.05) is 19.1 Å². The molecule has 1 aliphatic carbocycles. The van der Waals surface area contributed by atoms with Gasteiger partial charge < -0.3 is 14.5 Å². The fourth-order valence-corrected chi connectivity index (χ4v) is 2.90. The molecule has 2 rings (SSSR count). The van der Waals surface area contributed by atoms with Gasteiger partial charge in [0.15, 0.2) is 0 Å². The Hall–Kier alpha value is -0.800. The summed E-state index contributed by atoms with van der Waals surface area (Å²) in [5.41, 5.74) is 0. The van der Waals surface area contributed by atoms with Gasteiger partial charge in [-0.25, -0.2) is 0 Å². The summed E-state index contributed by atoms with van der Waals surface area (Å²) in [6.07, 6.45) is 8.17. The lowest BCUT2D eigenvalue weighted by atomic mass is 9.77. The molecule has 0 bridgehead atoms. The molecule has 0 amide bonds. The minimum Gasteiger partial charge on any atom is -0.469 e. The molecule has 1 saturated carbocycles. The van der Waals surface area contributed by atoms with Gasteiger partial charge in [-0.15, -0.1) is 0 Å². The van der Waals surface area contributed by atoms with Crippen LogP contribution in [0.4, 0.5) is 0 Å². The van der Waals surface area contributed by atoms with Crippen LogP contribution in [0, 0.1) is 5.92 Å². The Balaban J connectivity index is 1.74. The van der Waals surface area contributed by atoms with E-state index in [-0.39, 0.29) is 0 Å². The predicted molar refractivity (Wildman–Crippen MR) is 77.2 cm³/mol. The molecule has 0 aliphatic heterocycles. The van der Waals surface area contributed by atoms with Crippen LogP contribution in [0.1, 0.15) is 45.3 Å². The maximum absolute atomic E-state index is 5.64. The molecule has 108 valence electrons. The number of ether oxygens (including phenoxy) is 1. The van der Waals surface area contributed by atoms with E-state index >= 15 is 0 Å². The smallest absolute Gasteiger partial charge is 0.105 e. The van der Waals surface area contributed by atoms with Crippen molar-refractivity contribution < 1.29 is 9.15 Å². The number of furan rings is 1. The second-order valence-corrected chi connectivity index (χ2v) is 5.59. The maximum atomic E-state index is 5.64. The van der Waals surface area contributed by atoms with E-state index in [1.165, 1.54) is 25.7 Å². The zero-order valence-corrected chi connectivity index (χ0v) is 12.2. The molecule has 1 aliphatic rings. The van der Waals surface area contributed by atoms with Crippen LogP contribution in [0.5, 0.6) is 0 Å². The number of nitrogens with one attached hydrogen (secondary N) is 1. The first-order valence-electron chi connectivity index (χ1n) is 7.69. The molecule has 1 aromatic rings. The van der Waals surface area contributed by atoms with Crippen LogP contribution >= 0.6 is 0 Å². The Bertz CT molecular complexity index is 331. The summed E-state index contributed by atoms with van der Waals surface area (Å²) in [7, 11) is 0. The average molecular weight is 265 g/mol. The van der Waals surface area contributed by atoms with E-state index in [0.29, 0.717) is 12.1 Å². The summed E-state index contributed by atoms with van der Waals surface area (Å²) in [6, 6.07) is 4.59. The fourth-order valence-electron chi connectivity index (χ4n) is 2.90. The predicted octanol–water partition coefficient (Wildman–Crippen LogP) is 3.40. The maximum Gasteiger partial charge on any atom is 0.105 e. The largest absolute Gasteiger partial charge is 0.469 e. The van der Waals surface area contributed by atoms with Crippen LogP contribution in [0.2, 0.25) is 0 Å². The lowest BCUT2D eigenvalue weighted by Gasteiger charge is -2.37. The van der Waals surface area contributed by atoms with Gasteiger partial charge in [0.25, 0.3) is 0 Å². The lowest BCUT2D eigenvalue weighted by Crippen LogP contribution is -2.39. The number of hydrogen-bond acceptors (Lipinski definition) is 3. The minimum atomic E-state index is 0.519. The fraction of sp³-hybridized carbons (Fsp3) is 0.750. The quantitative estimate of drug-likeness (QED) is 0.743. The monoisotopic (exact) mass is 265 g/mol. The first-order valence-corrected chi connectivity index (χ1v) is 7.69. The third-order valence-corrected chi connectivity index (χ3v) is 3.92. The highest BCUT2D eigenvalue weighted by Gasteiger charge is 2.31. The number of rotatable bonds is 9. The van der Waals surface area contributed by atoms with Gasteiger partial charge >= 0.3 is 0 Å². The van der Waals surface area contributed by atoms with E-state index in [2.05, 4.69) is 25.2 Å². The van der Waals surface area contributed by atoms with Crippen molar-refractivity contribution in [3.05, 3.63) is 24.2 Å². The first-order chi connectivity index (χ1) is 9.31. The molecule has 3 nitrogen and oxygen atoms in total. The van der Waals surface area contributed by atoms with Crippen molar-refractivity contribution in [2.45, 2.75) is 58.1 Å². The molecule has 19 heavy (non-hydrogen) atoms. The topological polar surface area (TPSA) is 34.4 Å². The highest BCUT2D eigenvalue weighted by atomic mass is 16.5. The zero-order chi connectivity index (χ0) is 13.5. The SMILES string of the molecule is CCCNC(Cc1ccco1)CC1CC(OCC)C1. The summed E-state index contributed by atoms with van der Waals surface area (Å²) in [5, 5.41) is 3.65. The van der Waals surface area contributed by atoms with Gasteiger partial charge in [-0.2, -0.15) is 0 Å². The van der Waals surface area contributed by atoms with Crippen molar-refractivity contribution in [2.24, 2.45) is 5.92 Å².